The number of rotatable bonds is 11. The molecule has 0 saturated heterocycles. The van der Waals surface area contributed by atoms with Crippen molar-refractivity contribution in [3.8, 4) is 11.5 Å². The first-order valence-electron chi connectivity index (χ1n) is 12.0. The fourth-order valence-corrected chi connectivity index (χ4v) is 3.65. The van der Waals surface area contributed by atoms with Crippen LogP contribution in [0.3, 0.4) is 0 Å². The van der Waals surface area contributed by atoms with Gasteiger partial charge in [-0.05, 0) is 73.9 Å². The topological polar surface area (TPSA) is 83.7 Å². The average Bonchev–Trinajstić information content (AvgIpc) is 2.91. The standard InChI is InChI=1S/C30H33N3O4/c1-6-31-27(24-14-16-26(17-15-24)37-20-23-10-8-7-9-11-23)19-28(33(4)32-22(3)30(34)35)25-13-12-21(2)29(18-25)36-5/h7-19H,6,20H2,1-5H3,(H,34,35)/b28-19-,31-27?,32-22+. The van der Waals surface area contributed by atoms with Crippen LogP contribution in [0, 0.1) is 6.92 Å². The highest BCUT2D eigenvalue weighted by molar-refractivity contribution is 6.34. The summed E-state index contributed by atoms with van der Waals surface area (Å²) in [4.78, 5) is 16.1. The van der Waals surface area contributed by atoms with Crippen LogP contribution in [0.5, 0.6) is 11.5 Å². The maximum absolute atomic E-state index is 11.4. The summed E-state index contributed by atoms with van der Waals surface area (Å²) in [6.45, 7) is 6.45. The van der Waals surface area contributed by atoms with E-state index in [2.05, 4.69) is 5.10 Å². The maximum Gasteiger partial charge on any atom is 0.351 e. The van der Waals surface area contributed by atoms with Gasteiger partial charge in [0, 0.05) is 19.2 Å². The summed E-state index contributed by atoms with van der Waals surface area (Å²) < 4.78 is 11.4. The molecule has 0 aliphatic rings. The number of hydrogen-bond donors (Lipinski definition) is 1. The predicted molar refractivity (Wildman–Crippen MR) is 149 cm³/mol. The van der Waals surface area contributed by atoms with Crippen LogP contribution in [0.1, 0.15) is 36.1 Å². The minimum Gasteiger partial charge on any atom is -0.496 e. The maximum atomic E-state index is 11.4. The van der Waals surface area contributed by atoms with Crippen molar-refractivity contribution >= 4 is 23.1 Å². The van der Waals surface area contributed by atoms with Crippen LogP contribution >= 0.6 is 0 Å². The minimum absolute atomic E-state index is 0.0265. The molecule has 7 nitrogen and oxygen atoms in total. The molecular formula is C30H33N3O4. The van der Waals surface area contributed by atoms with E-state index in [1.165, 1.54) is 6.92 Å². The molecule has 0 atom stereocenters. The number of aliphatic imine (C=N–C) groups is 1. The fraction of sp³-hybridized carbons (Fsp3) is 0.233. The molecule has 0 aliphatic carbocycles. The van der Waals surface area contributed by atoms with Gasteiger partial charge in [-0.25, -0.2) is 4.79 Å². The second-order valence-corrected chi connectivity index (χ2v) is 8.39. The summed E-state index contributed by atoms with van der Waals surface area (Å²) in [6.07, 6.45) is 1.91. The van der Waals surface area contributed by atoms with E-state index in [4.69, 9.17) is 14.5 Å². The molecule has 3 aromatic rings. The van der Waals surface area contributed by atoms with Crippen LogP contribution in [-0.2, 0) is 11.4 Å². The second kappa shape index (κ2) is 13.1. The third-order valence-corrected chi connectivity index (χ3v) is 5.66. The van der Waals surface area contributed by atoms with Crippen LogP contribution in [0.25, 0.3) is 5.70 Å². The van der Waals surface area contributed by atoms with Crippen LogP contribution in [-0.4, -0.2) is 48.2 Å². The summed E-state index contributed by atoms with van der Waals surface area (Å²) in [7, 11) is 3.34. The first-order chi connectivity index (χ1) is 17.8. The Labute approximate surface area is 218 Å². The molecule has 0 spiro atoms. The normalized spacial score (nSPS) is 12.3. The van der Waals surface area contributed by atoms with Crippen molar-refractivity contribution in [2.45, 2.75) is 27.4 Å². The summed E-state index contributed by atoms with van der Waals surface area (Å²) in [5, 5.41) is 15.2. The Kier molecular flexibility index (Phi) is 9.61. The molecule has 0 aliphatic heterocycles. The zero-order valence-corrected chi connectivity index (χ0v) is 21.9. The predicted octanol–water partition coefficient (Wildman–Crippen LogP) is 5.83. The lowest BCUT2D eigenvalue weighted by atomic mass is 10.0. The lowest BCUT2D eigenvalue weighted by Gasteiger charge is -2.20. The lowest BCUT2D eigenvalue weighted by molar-refractivity contribution is -0.129. The smallest absolute Gasteiger partial charge is 0.351 e. The van der Waals surface area contributed by atoms with Crippen LogP contribution in [0.2, 0.25) is 0 Å². The zero-order valence-electron chi connectivity index (χ0n) is 21.9. The quantitative estimate of drug-likeness (QED) is 0.265. The second-order valence-electron chi connectivity index (χ2n) is 8.39. The highest BCUT2D eigenvalue weighted by atomic mass is 16.5. The molecule has 192 valence electrons. The van der Waals surface area contributed by atoms with Gasteiger partial charge in [-0.2, -0.15) is 5.10 Å². The summed E-state index contributed by atoms with van der Waals surface area (Å²) in [5.41, 5.74) is 5.20. The van der Waals surface area contributed by atoms with Gasteiger partial charge in [0.2, 0.25) is 0 Å². The van der Waals surface area contributed by atoms with Crippen LogP contribution in [0.4, 0.5) is 0 Å². The number of benzene rings is 3. The number of nitrogens with zero attached hydrogens (tertiary/aromatic N) is 3. The van der Waals surface area contributed by atoms with Gasteiger partial charge in [0.05, 0.1) is 18.5 Å². The lowest BCUT2D eigenvalue weighted by Crippen LogP contribution is -2.18. The number of allylic oxidation sites excluding steroid dienone is 1. The number of aryl methyl sites for hydroxylation is 1. The monoisotopic (exact) mass is 499 g/mol. The zero-order chi connectivity index (χ0) is 26.8. The molecule has 3 aromatic carbocycles. The summed E-state index contributed by atoms with van der Waals surface area (Å²) >= 11 is 0. The highest BCUT2D eigenvalue weighted by Crippen LogP contribution is 2.27. The molecule has 3 rings (SSSR count). The Morgan fingerprint density at radius 2 is 1.70 bits per heavy atom. The van der Waals surface area contributed by atoms with Gasteiger partial charge < -0.3 is 14.6 Å². The molecule has 0 heterocycles. The first-order valence-corrected chi connectivity index (χ1v) is 12.0. The molecule has 0 unspecified atom stereocenters. The van der Waals surface area contributed by atoms with Crippen molar-refractivity contribution in [3.63, 3.8) is 0 Å². The summed E-state index contributed by atoms with van der Waals surface area (Å²) in [5.74, 6) is 0.403. The number of aliphatic carboxylic acids is 1. The van der Waals surface area contributed by atoms with Gasteiger partial charge in [-0.15, -0.1) is 0 Å². The van der Waals surface area contributed by atoms with Gasteiger partial charge in [0.25, 0.3) is 0 Å². The number of carboxylic acid groups (broad SMARTS) is 1. The average molecular weight is 500 g/mol. The fourth-order valence-electron chi connectivity index (χ4n) is 3.65. The van der Waals surface area contributed by atoms with Crippen molar-refractivity contribution in [3.05, 3.63) is 101 Å². The van der Waals surface area contributed by atoms with Crippen molar-refractivity contribution in [1.29, 1.82) is 0 Å². The van der Waals surface area contributed by atoms with Gasteiger partial charge in [-0.3, -0.25) is 10.0 Å². The molecule has 0 aromatic heterocycles. The van der Waals surface area contributed by atoms with Gasteiger partial charge >= 0.3 is 5.97 Å². The van der Waals surface area contributed by atoms with Crippen LogP contribution in [0.15, 0.2) is 89.0 Å². The van der Waals surface area contributed by atoms with Gasteiger partial charge in [0.15, 0.2) is 0 Å². The third-order valence-electron chi connectivity index (χ3n) is 5.66. The van der Waals surface area contributed by atoms with E-state index in [9.17, 15) is 9.90 Å². The molecule has 0 radical (unpaired) electrons. The molecule has 0 fully saturated rings. The Bertz CT molecular complexity index is 1300. The molecule has 1 N–H and O–H groups in total. The van der Waals surface area contributed by atoms with Gasteiger partial charge in [0.1, 0.15) is 23.8 Å². The van der Waals surface area contributed by atoms with Crippen molar-refractivity contribution < 1.29 is 19.4 Å². The van der Waals surface area contributed by atoms with E-state index < -0.39 is 5.97 Å². The van der Waals surface area contributed by atoms with Crippen molar-refractivity contribution in [2.75, 3.05) is 20.7 Å². The number of carbonyl (C=O) groups is 1. The van der Waals surface area contributed by atoms with E-state index in [0.717, 1.165) is 39.5 Å². The highest BCUT2D eigenvalue weighted by Gasteiger charge is 2.14. The number of methoxy groups -OCH3 is 1. The van der Waals surface area contributed by atoms with Crippen molar-refractivity contribution in [2.24, 2.45) is 10.1 Å². The molecular weight excluding hydrogens is 466 g/mol. The number of hydrogen-bond acceptors (Lipinski definition) is 6. The number of ether oxygens (including phenoxy) is 2. The molecule has 0 saturated carbocycles. The van der Waals surface area contributed by atoms with E-state index in [-0.39, 0.29) is 5.71 Å². The largest absolute Gasteiger partial charge is 0.496 e. The SMILES string of the molecule is CCN=C(/C=C(/c1ccc(C)c(OC)c1)N(C)/N=C(\C)C(=O)O)c1ccc(OCc2ccccc2)cc1. The Balaban J connectivity index is 1.97. The Morgan fingerprint density at radius 1 is 1.03 bits per heavy atom. The van der Waals surface area contributed by atoms with E-state index in [1.54, 1.807) is 19.2 Å². The third kappa shape index (κ3) is 7.54. The Hall–Kier alpha value is -4.39. The van der Waals surface area contributed by atoms with Crippen LogP contribution < -0.4 is 9.47 Å². The summed E-state index contributed by atoms with van der Waals surface area (Å²) in [6, 6.07) is 23.6. The van der Waals surface area contributed by atoms with Crippen molar-refractivity contribution in [1.82, 2.24) is 5.01 Å². The Morgan fingerprint density at radius 3 is 2.32 bits per heavy atom. The molecule has 37 heavy (non-hydrogen) atoms. The number of hydrazone groups is 1. The molecule has 0 amide bonds. The van der Waals surface area contributed by atoms with E-state index >= 15 is 0 Å². The molecule has 7 heteroatoms. The van der Waals surface area contributed by atoms with Gasteiger partial charge in [-0.1, -0.05) is 42.5 Å². The van der Waals surface area contributed by atoms with E-state index in [1.807, 2.05) is 92.7 Å². The number of carboxylic acids is 1. The van der Waals surface area contributed by atoms with E-state index in [0.29, 0.717) is 18.8 Å². The molecule has 0 bridgehead atoms. The minimum atomic E-state index is -1.08. The first kappa shape index (κ1) is 27.2.